The number of hydrogen-bond donors (Lipinski definition) is 0. The van der Waals surface area contributed by atoms with E-state index in [0.717, 1.165) is 11.6 Å². The van der Waals surface area contributed by atoms with E-state index in [9.17, 15) is 0 Å². The van der Waals surface area contributed by atoms with Crippen molar-refractivity contribution in [2.24, 2.45) is 0 Å². The summed E-state index contributed by atoms with van der Waals surface area (Å²) < 4.78 is 5.70. The van der Waals surface area contributed by atoms with Crippen LogP contribution in [0.1, 0.15) is 26.7 Å². The lowest BCUT2D eigenvalue weighted by molar-refractivity contribution is 0.292. The fraction of sp³-hybridized carbons (Fsp3) is 0.750. The molecular formula is C8H15ClOSi. The molecule has 1 heterocycles. The Hall–Kier alpha value is 0.207. The number of allylic oxidation sites excluding steroid dienone is 2. The Bertz CT molecular complexity index is 157. The first-order valence-electron chi connectivity index (χ1n) is 4.16. The molecule has 64 valence electrons. The molecule has 0 bridgehead atoms. The molecular weight excluding hydrogens is 176 g/mol. The van der Waals surface area contributed by atoms with Gasteiger partial charge in [0, 0.05) is 11.6 Å². The zero-order chi connectivity index (χ0) is 8.27. The summed E-state index contributed by atoms with van der Waals surface area (Å²) >= 11 is 5.90. The molecule has 1 rings (SSSR count). The molecule has 11 heavy (non-hydrogen) atoms. The van der Waals surface area contributed by atoms with Gasteiger partial charge in [0.15, 0.2) is 0 Å². The van der Waals surface area contributed by atoms with Gasteiger partial charge in [0.1, 0.15) is 0 Å². The molecule has 0 saturated carbocycles. The Morgan fingerprint density at radius 1 is 1.36 bits per heavy atom. The maximum absolute atomic E-state index is 5.90. The van der Waals surface area contributed by atoms with E-state index in [-0.39, 0.29) is 0 Å². The van der Waals surface area contributed by atoms with E-state index in [1.165, 1.54) is 24.1 Å². The molecule has 1 aliphatic heterocycles. The van der Waals surface area contributed by atoms with Crippen molar-refractivity contribution in [3.8, 4) is 0 Å². The molecule has 1 fully saturated rings. The van der Waals surface area contributed by atoms with E-state index in [2.05, 4.69) is 6.92 Å². The quantitative estimate of drug-likeness (QED) is 0.578. The van der Waals surface area contributed by atoms with Crippen molar-refractivity contribution in [1.29, 1.82) is 0 Å². The van der Waals surface area contributed by atoms with Crippen molar-refractivity contribution in [1.82, 2.24) is 0 Å². The molecule has 0 aromatic carbocycles. The van der Waals surface area contributed by atoms with E-state index in [1.807, 2.05) is 6.92 Å². The van der Waals surface area contributed by atoms with Gasteiger partial charge in [0.05, 0.1) is 0 Å². The van der Waals surface area contributed by atoms with Crippen LogP contribution in [0.5, 0.6) is 0 Å². The summed E-state index contributed by atoms with van der Waals surface area (Å²) in [5.41, 5.74) is 0. The first-order chi connectivity index (χ1) is 5.22. The summed E-state index contributed by atoms with van der Waals surface area (Å²) in [7, 11) is -1.03. The fourth-order valence-electron chi connectivity index (χ4n) is 1.30. The summed E-state index contributed by atoms with van der Waals surface area (Å²) in [4.78, 5) is 0. The van der Waals surface area contributed by atoms with Gasteiger partial charge in [-0.3, -0.25) is 0 Å². The maximum atomic E-state index is 5.90. The first kappa shape index (κ1) is 9.30. The Balaban J connectivity index is 2.52. The molecule has 1 atom stereocenters. The van der Waals surface area contributed by atoms with Crippen LogP contribution in [-0.4, -0.2) is 15.6 Å². The third-order valence-corrected chi connectivity index (χ3v) is 5.66. The largest absolute Gasteiger partial charge is 0.416 e. The van der Waals surface area contributed by atoms with Crippen LogP contribution in [0, 0.1) is 0 Å². The normalized spacial score (nSPS) is 28.1. The van der Waals surface area contributed by atoms with E-state index >= 15 is 0 Å². The predicted octanol–water partition coefficient (Wildman–Crippen LogP) is 2.59. The van der Waals surface area contributed by atoms with Gasteiger partial charge in [-0.25, -0.2) is 0 Å². The Morgan fingerprint density at radius 2 is 2.09 bits per heavy atom. The topological polar surface area (TPSA) is 9.23 Å². The Labute approximate surface area is 75.1 Å². The third kappa shape index (κ3) is 2.62. The second-order valence-electron chi connectivity index (χ2n) is 3.07. The molecule has 0 aromatic heterocycles. The number of halogens is 1. The van der Waals surface area contributed by atoms with Gasteiger partial charge in [-0.2, -0.15) is 0 Å². The Kier molecular flexibility index (Phi) is 3.62. The molecule has 0 radical (unpaired) electrons. The zero-order valence-corrected chi connectivity index (χ0v) is 9.10. The maximum Gasteiger partial charge on any atom is 0.205 e. The van der Waals surface area contributed by atoms with Crippen LogP contribution in [0.2, 0.25) is 6.04 Å². The van der Waals surface area contributed by atoms with E-state index in [0.29, 0.717) is 0 Å². The second kappa shape index (κ2) is 4.29. The van der Waals surface area contributed by atoms with Gasteiger partial charge < -0.3 is 4.43 Å². The van der Waals surface area contributed by atoms with Crippen LogP contribution in [0.25, 0.3) is 0 Å². The standard InChI is InChI=1S/C8H15ClOSi/c1-7(9)8(2)11-6-4-3-5-10-11/h11H,3-6H2,1-2H3/b8-7-. The second-order valence-corrected chi connectivity index (χ2v) is 6.39. The van der Waals surface area contributed by atoms with E-state index < -0.39 is 9.04 Å². The predicted molar refractivity (Wildman–Crippen MR) is 51.4 cm³/mol. The van der Waals surface area contributed by atoms with Gasteiger partial charge in [-0.1, -0.05) is 18.0 Å². The van der Waals surface area contributed by atoms with Gasteiger partial charge >= 0.3 is 0 Å². The van der Waals surface area contributed by atoms with Crippen molar-refractivity contribution >= 4 is 20.6 Å². The van der Waals surface area contributed by atoms with Crippen LogP contribution in [-0.2, 0) is 4.43 Å². The smallest absolute Gasteiger partial charge is 0.205 e. The van der Waals surface area contributed by atoms with E-state index in [4.69, 9.17) is 16.0 Å². The highest BCUT2D eigenvalue weighted by Gasteiger charge is 2.18. The minimum atomic E-state index is -1.03. The molecule has 1 nitrogen and oxygen atoms in total. The lowest BCUT2D eigenvalue weighted by Gasteiger charge is -2.22. The number of hydrogen-bond acceptors (Lipinski definition) is 1. The van der Waals surface area contributed by atoms with Crippen molar-refractivity contribution in [2.75, 3.05) is 6.61 Å². The molecule has 0 N–H and O–H groups in total. The molecule has 1 aliphatic rings. The summed E-state index contributed by atoms with van der Waals surface area (Å²) in [5, 5.41) is 2.29. The summed E-state index contributed by atoms with van der Waals surface area (Å²) in [6.45, 7) is 5.03. The van der Waals surface area contributed by atoms with Gasteiger partial charge in [0.2, 0.25) is 9.04 Å². The summed E-state index contributed by atoms with van der Waals surface area (Å²) in [6, 6.07) is 1.27. The summed E-state index contributed by atoms with van der Waals surface area (Å²) in [5.74, 6) is 0. The van der Waals surface area contributed by atoms with Crippen LogP contribution in [0.3, 0.4) is 0 Å². The lowest BCUT2D eigenvalue weighted by atomic mass is 10.4. The highest BCUT2D eigenvalue weighted by molar-refractivity contribution is 6.62. The van der Waals surface area contributed by atoms with E-state index in [1.54, 1.807) is 0 Å². The minimum Gasteiger partial charge on any atom is -0.416 e. The van der Waals surface area contributed by atoms with Gasteiger partial charge in [-0.15, -0.1) is 0 Å². The van der Waals surface area contributed by atoms with Crippen LogP contribution in [0.15, 0.2) is 10.2 Å². The Morgan fingerprint density at radius 3 is 2.55 bits per heavy atom. The average molecular weight is 191 g/mol. The van der Waals surface area contributed by atoms with Crippen molar-refractivity contribution in [2.45, 2.75) is 32.7 Å². The average Bonchev–Trinajstić information content (AvgIpc) is 2.05. The zero-order valence-electron chi connectivity index (χ0n) is 7.19. The van der Waals surface area contributed by atoms with Crippen LogP contribution < -0.4 is 0 Å². The van der Waals surface area contributed by atoms with Crippen molar-refractivity contribution < 1.29 is 4.43 Å². The van der Waals surface area contributed by atoms with Crippen molar-refractivity contribution in [3.05, 3.63) is 10.2 Å². The molecule has 0 spiro atoms. The van der Waals surface area contributed by atoms with Crippen molar-refractivity contribution in [3.63, 3.8) is 0 Å². The monoisotopic (exact) mass is 190 g/mol. The summed E-state index contributed by atoms with van der Waals surface area (Å²) in [6.07, 6.45) is 2.57. The molecule has 0 aliphatic carbocycles. The molecule has 3 heteroatoms. The first-order valence-corrected chi connectivity index (χ1v) is 6.40. The highest BCUT2D eigenvalue weighted by Crippen LogP contribution is 2.20. The lowest BCUT2D eigenvalue weighted by Crippen LogP contribution is -2.25. The molecule has 0 aromatic rings. The SMILES string of the molecule is C/C(Cl)=C(\C)[SiH]1CCCCO1. The van der Waals surface area contributed by atoms with Crippen LogP contribution in [0.4, 0.5) is 0 Å². The molecule has 0 amide bonds. The van der Waals surface area contributed by atoms with Gasteiger partial charge in [-0.05, 0) is 31.5 Å². The molecule has 1 saturated heterocycles. The van der Waals surface area contributed by atoms with Gasteiger partial charge in [0.25, 0.3) is 0 Å². The fourth-order valence-corrected chi connectivity index (χ4v) is 4.07. The number of rotatable bonds is 1. The molecule has 1 unspecified atom stereocenters. The van der Waals surface area contributed by atoms with Crippen LogP contribution >= 0.6 is 11.6 Å². The highest BCUT2D eigenvalue weighted by atomic mass is 35.5. The minimum absolute atomic E-state index is 0.948. The third-order valence-electron chi connectivity index (χ3n) is 2.21.